The van der Waals surface area contributed by atoms with Gasteiger partial charge in [-0.1, -0.05) is 55.3 Å². The van der Waals surface area contributed by atoms with Crippen LogP contribution >= 0.6 is 23.2 Å². The third-order valence-electron chi connectivity index (χ3n) is 7.21. The van der Waals surface area contributed by atoms with Gasteiger partial charge in [-0.3, -0.25) is 9.36 Å². The van der Waals surface area contributed by atoms with Gasteiger partial charge in [0, 0.05) is 12.6 Å². The number of fused-ring (bicyclic) bond motifs is 1. The minimum absolute atomic E-state index is 0.116. The lowest BCUT2D eigenvalue weighted by Gasteiger charge is -2.35. The number of nitrogens with zero attached hydrogens (tertiary/aromatic N) is 4. The summed E-state index contributed by atoms with van der Waals surface area (Å²) in [5.41, 5.74) is 6.67. The number of anilines is 3. The first-order chi connectivity index (χ1) is 16.8. The molecule has 2 fully saturated rings. The number of amides is 1. The number of nitrogens with one attached hydrogen (secondary N) is 2. The van der Waals surface area contributed by atoms with Crippen molar-refractivity contribution in [2.75, 3.05) is 10.6 Å². The summed E-state index contributed by atoms with van der Waals surface area (Å²) >= 11 is 12.6. The fraction of sp³-hybridized carbons (Fsp3) is 0.500. The van der Waals surface area contributed by atoms with Gasteiger partial charge in [-0.15, -0.1) is 0 Å². The molecule has 5 rings (SSSR count). The summed E-state index contributed by atoms with van der Waals surface area (Å²) < 4.78 is 15.6. The molecule has 1 amide bonds. The highest BCUT2D eigenvalue weighted by Gasteiger charge is 2.39. The minimum atomic E-state index is -0.720. The molecule has 0 unspecified atom stereocenters. The van der Waals surface area contributed by atoms with E-state index in [9.17, 15) is 9.18 Å². The SMILES string of the molecule is NC(=O)C1(Cn2c(Nc3c(Cl)cc(F)cc3Cl)nc3cnc(NC4CCCC4)nc32)CCCCC1. The Morgan fingerprint density at radius 3 is 2.46 bits per heavy atom. The van der Waals surface area contributed by atoms with E-state index < -0.39 is 11.2 Å². The van der Waals surface area contributed by atoms with Gasteiger partial charge in [0.2, 0.25) is 17.8 Å². The first-order valence-corrected chi connectivity index (χ1v) is 12.8. The zero-order valence-corrected chi connectivity index (χ0v) is 20.8. The van der Waals surface area contributed by atoms with Crippen LogP contribution in [0.2, 0.25) is 10.0 Å². The highest BCUT2D eigenvalue weighted by molar-refractivity contribution is 6.39. The summed E-state index contributed by atoms with van der Waals surface area (Å²) in [5.74, 6) is 0.0317. The quantitative estimate of drug-likeness (QED) is 0.363. The zero-order chi connectivity index (χ0) is 24.6. The number of carbonyl (C=O) groups is 1. The van der Waals surface area contributed by atoms with Crippen LogP contribution in [0.25, 0.3) is 11.2 Å². The van der Waals surface area contributed by atoms with Gasteiger partial charge in [-0.05, 0) is 37.8 Å². The number of nitrogens with two attached hydrogens (primary N) is 1. The van der Waals surface area contributed by atoms with Crippen LogP contribution in [0.3, 0.4) is 0 Å². The Balaban J connectivity index is 1.59. The Morgan fingerprint density at radius 2 is 1.80 bits per heavy atom. The number of rotatable bonds is 7. The molecule has 2 saturated carbocycles. The van der Waals surface area contributed by atoms with Crippen LogP contribution in [0.15, 0.2) is 18.3 Å². The molecule has 0 aliphatic heterocycles. The lowest BCUT2D eigenvalue weighted by atomic mass is 9.73. The molecule has 0 atom stereocenters. The summed E-state index contributed by atoms with van der Waals surface area (Å²) in [5, 5.41) is 6.80. The van der Waals surface area contributed by atoms with Crippen molar-refractivity contribution in [2.45, 2.75) is 70.4 Å². The number of imidazole rings is 1. The Bertz CT molecular complexity index is 1230. The van der Waals surface area contributed by atoms with Crippen molar-refractivity contribution in [3.63, 3.8) is 0 Å². The lowest BCUT2D eigenvalue weighted by Crippen LogP contribution is -2.42. The molecule has 2 aromatic heterocycles. The summed E-state index contributed by atoms with van der Waals surface area (Å²) in [7, 11) is 0. The maximum atomic E-state index is 13.8. The Morgan fingerprint density at radius 1 is 1.11 bits per heavy atom. The number of hydrogen-bond donors (Lipinski definition) is 3. The fourth-order valence-corrected chi connectivity index (χ4v) is 5.83. The molecule has 35 heavy (non-hydrogen) atoms. The molecule has 186 valence electrons. The van der Waals surface area contributed by atoms with E-state index in [-0.39, 0.29) is 16.0 Å². The van der Waals surface area contributed by atoms with Crippen molar-refractivity contribution in [3.05, 3.63) is 34.2 Å². The van der Waals surface area contributed by atoms with E-state index in [1.807, 2.05) is 4.57 Å². The number of carbonyl (C=O) groups excluding carboxylic acids is 1. The number of halogens is 3. The van der Waals surface area contributed by atoms with E-state index >= 15 is 0 Å². The fourth-order valence-electron chi connectivity index (χ4n) is 5.27. The predicted molar refractivity (Wildman–Crippen MR) is 136 cm³/mol. The van der Waals surface area contributed by atoms with Gasteiger partial charge < -0.3 is 16.4 Å². The topological polar surface area (TPSA) is 111 Å². The third-order valence-corrected chi connectivity index (χ3v) is 7.81. The van der Waals surface area contributed by atoms with E-state index in [4.69, 9.17) is 33.9 Å². The van der Waals surface area contributed by atoms with Gasteiger partial charge in [-0.25, -0.2) is 14.4 Å². The lowest BCUT2D eigenvalue weighted by molar-refractivity contribution is -0.130. The number of benzene rings is 1. The molecule has 4 N–H and O–H groups in total. The standard InChI is InChI=1S/C24H28Cl2FN7O/c25-16-10-14(27)11-17(26)19(16)32-23-31-18-12-29-22(30-15-6-2-3-7-15)33-20(18)34(23)13-24(21(28)35)8-4-1-5-9-24/h10-12,15H,1-9,13H2,(H2,28,35)(H,31,32)(H,29,30,33). The van der Waals surface area contributed by atoms with Crippen molar-refractivity contribution in [3.8, 4) is 0 Å². The van der Waals surface area contributed by atoms with E-state index in [1.54, 1.807) is 6.20 Å². The van der Waals surface area contributed by atoms with E-state index in [0.29, 0.717) is 54.2 Å². The zero-order valence-electron chi connectivity index (χ0n) is 19.3. The van der Waals surface area contributed by atoms with Crippen molar-refractivity contribution < 1.29 is 9.18 Å². The smallest absolute Gasteiger partial charge is 0.225 e. The van der Waals surface area contributed by atoms with Gasteiger partial charge >= 0.3 is 0 Å². The van der Waals surface area contributed by atoms with Crippen LogP contribution in [-0.4, -0.2) is 31.5 Å². The van der Waals surface area contributed by atoms with Gasteiger partial charge in [-0.2, -0.15) is 4.98 Å². The molecule has 0 bridgehead atoms. The molecule has 2 heterocycles. The second-order valence-electron chi connectivity index (χ2n) is 9.62. The molecule has 0 spiro atoms. The molecular weight excluding hydrogens is 492 g/mol. The van der Waals surface area contributed by atoms with Gasteiger partial charge in [0.25, 0.3) is 0 Å². The second-order valence-corrected chi connectivity index (χ2v) is 10.4. The second kappa shape index (κ2) is 9.78. The molecule has 1 aromatic carbocycles. The molecule has 2 aliphatic rings. The average molecular weight is 520 g/mol. The average Bonchev–Trinajstić information content (AvgIpc) is 3.45. The summed E-state index contributed by atoms with van der Waals surface area (Å²) in [4.78, 5) is 26.6. The highest BCUT2D eigenvalue weighted by atomic mass is 35.5. The largest absolute Gasteiger partial charge is 0.369 e. The molecule has 3 aromatic rings. The van der Waals surface area contributed by atoms with E-state index in [2.05, 4.69) is 20.6 Å². The van der Waals surface area contributed by atoms with Crippen LogP contribution in [0, 0.1) is 11.2 Å². The van der Waals surface area contributed by atoms with E-state index in [1.165, 1.54) is 25.0 Å². The molecule has 8 nitrogen and oxygen atoms in total. The number of aromatic nitrogens is 4. The van der Waals surface area contributed by atoms with Crippen LogP contribution in [0.4, 0.5) is 22.0 Å². The summed E-state index contributed by atoms with van der Waals surface area (Å²) in [6, 6.07) is 2.70. The van der Waals surface area contributed by atoms with Crippen molar-refractivity contribution in [1.82, 2.24) is 19.5 Å². The normalized spacial score (nSPS) is 18.1. The maximum absolute atomic E-state index is 13.8. The summed E-state index contributed by atoms with van der Waals surface area (Å²) in [6.45, 7) is 0.303. The Kier molecular flexibility index (Phi) is 6.72. The minimum Gasteiger partial charge on any atom is -0.369 e. The van der Waals surface area contributed by atoms with Gasteiger partial charge in [0.1, 0.15) is 11.3 Å². The van der Waals surface area contributed by atoms with Crippen molar-refractivity contribution in [1.29, 1.82) is 0 Å². The van der Waals surface area contributed by atoms with Gasteiger partial charge in [0.05, 0.1) is 27.3 Å². The van der Waals surface area contributed by atoms with Gasteiger partial charge in [0.15, 0.2) is 5.65 Å². The molecule has 11 heteroatoms. The summed E-state index contributed by atoms with van der Waals surface area (Å²) in [6.07, 6.45) is 10.5. The monoisotopic (exact) mass is 519 g/mol. The molecular formula is C24H28Cl2FN7O. The van der Waals surface area contributed by atoms with Crippen LogP contribution < -0.4 is 16.4 Å². The Hall–Kier alpha value is -2.65. The molecule has 2 aliphatic carbocycles. The number of hydrogen-bond acceptors (Lipinski definition) is 6. The highest BCUT2D eigenvalue weighted by Crippen LogP contribution is 2.40. The van der Waals surface area contributed by atoms with Crippen LogP contribution in [0.1, 0.15) is 57.8 Å². The first-order valence-electron chi connectivity index (χ1n) is 12.1. The van der Waals surface area contributed by atoms with Crippen molar-refractivity contribution in [2.24, 2.45) is 11.1 Å². The Labute approximate surface area is 212 Å². The van der Waals surface area contributed by atoms with Crippen LogP contribution in [-0.2, 0) is 11.3 Å². The third kappa shape index (κ3) is 4.89. The predicted octanol–water partition coefficient (Wildman–Crippen LogP) is 5.81. The first kappa shape index (κ1) is 24.1. The van der Waals surface area contributed by atoms with Crippen LogP contribution in [0.5, 0.6) is 0 Å². The van der Waals surface area contributed by atoms with Crippen molar-refractivity contribution >= 4 is 57.9 Å². The number of primary amides is 1. The molecule has 0 saturated heterocycles. The van der Waals surface area contributed by atoms with E-state index in [0.717, 1.165) is 32.1 Å². The molecule has 0 radical (unpaired) electrons. The maximum Gasteiger partial charge on any atom is 0.225 e.